The van der Waals surface area contributed by atoms with Crippen LogP contribution in [0.3, 0.4) is 0 Å². The number of H-pyrrole nitrogens is 1. The number of aromatic nitrogens is 2. The van der Waals surface area contributed by atoms with E-state index in [-0.39, 0.29) is 12.1 Å². The number of nitrogens with zero attached hydrogens (tertiary/aromatic N) is 3. The largest absolute Gasteiger partial charge is 0.465 e. The fraction of sp³-hybridized carbons (Fsp3) is 0.444. The summed E-state index contributed by atoms with van der Waals surface area (Å²) in [7, 11) is 0. The molecule has 0 spiro atoms. The predicted octanol–water partition coefficient (Wildman–Crippen LogP) is 2.96. The van der Waals surface area contributed by atoms with Gasteiger partial charge in [-0.15, -0.1) is 0 Å². The lowest BCUT2D eigenvalue weighted by atomic mass is 10.1. The van der Waals surface area contributed by atoms with E-state index >= 15 is 0 Å². The van der Waals surface area contributed by atoms with E-state index in [1.165, 1.54) is 4.90 Å². The maximum atomic E-state index is 11.8. The number of morpholine rings is 1. The molecule has 0 bridgehead atoms. The summed E-state index contributed by atoms with van der Waals surface area (Å²) in [5, 5.41) is 9.65. The van der Waals surface area contributed by atoms with Gasteiger partial charge in [0.15, 0.2) is 0 Å². The molecule has 1 aromatic carbocycles. The second-order valence-electron chi connectivity index (χ2n) is 6.68. The molecule has 0 unspecified atom stereocenters. The van der Waals surface area contributed by atoms with Gasteiger partial charge >= 0.3 is 6.09 Å². The summed E-state index contributed by atoms with van der Waals surface area (Å²) in [6.07, 6.45) is 1.63. The Kier molecular flexibility index (Phi) is 4.97. The number of carbonyl (C=O) groups is 1. The molecule has 3 heterocycles. The van der Waals surface area contributed by atoms with E-state index in [9.17, 15) is 9.90 Å². The van der Waals surface area contributed by atoms with Crippen LogP contribution in [0.5, 0.6) is 0 Å². The van der Waals surface area contributed by atoms with E-state index < -0.39 is 6.09 Å². The minimum Gasteiger partial charge on any atom is -0.465 e. The number of amides is 1. The van der Waals surface area contributed by atoms with Crippen molar-refractivity contribution >= 4 is 22.0 Å². The molecule has 2 saturated heterocycles. The molecule has 138 valence electrons. The smallest absolute Gasteiger partial charge is 0.407 e. The van der Waals surface area contributed by atoms with Crippen LogP contribution in [0.4, 0.5) is 4.79 Å². The molecule has 2 aromatic rings. The first-order chi connectivity index (χ1) is 12.6. The van der Waals surface area contributed by atoms with Gasteiger partial charge < -0.3 is 14.8 Å². The number of carboxylic acid groups (broad SMARTS) is 1. The van der Waals surface area contributed by atoms with Gasteiger partial charge in [0.05, 0.1) is 31.1 Å². The zero-order chi connectivity index (χ0) is 18.1. The van der Waals surface area contributed by atoms with Crippen molar-refractivity contribution in [1.82, 2.24) is 19.8 Å². The van der Waals surface area contributed by atoms with Gasteiger partial charge in [0.2, 0.25) is 0 Å². The number of hydrogen-bond donors (Lipinski definition) is 2. The molecule has 2 aliphatic rings. The highest BCUT2D eigenvalue weighted by atomic mass is 79.9. The van der Waals surface area contributed by atoms with Gasteiger partial charge in [-0.1, -0.05) is 28.1 Å². The Labute approximate surface area is 160 Å². The summed E-state index contributed by atoms with van der Waals surface area (Å²) in [5.74, 6) is 0.709. The van der Waals surface area contributed by atoms with Crippen molar-refractivity contribution in [2.75, 3.05) is 32.8 Å². The third kappa shape index (κ3) is 3.49. The molecular formula is C18H21BrN4O3. The van der Waals surface area contributed by atoms with Gasteiger partial charge in [0.25, 0.3) is 0 Å². The molecule has 2 aliphatic heterocycles. The van der Waals surface area contributed by atoms with Gasteiger partial charge in [-0.2, -0.15) is 0 Å². The highest BCUT2D eigenvalue weighted by molar-refractivity contribution is 9.10. The normalized spacial score (nSPS) is 24.1. The summed E-state index contributed by atoms with van der Waals surface area (Å²) >= 11 is 3.43. The quantitative estimate of drug-likeness (QED) is 0.797. The van der Waals surface area contributed by atoms with E-state index in [1.54, 1.807) is 6.20 Å². The summed E-state index contributed by atoms with van der Waals surface area (Å²) in [6, 6.07) is 7.92. The molecular weight excluding hydrogens is 400 g/mol. The average Bonchev–Trinajstić information content (AvgIpc) is 3.30. The maximum Gasteiger partial charge on any atom is 0.407 e. The molecule has 8 heteroatoms. The Morgan fingerprint density at radius 1 is 1.27 bits per heavy atom. The Hall–Kier alpha value is -1.90. The number of hydrogen-bond acceptors (Lipinski definition) is 4. The molecule has 2 atom stereocenters. The number of ether oxygens (including phenoxy) is 1. The highest BCUT2D eigenvalue weighted by Crippen LogP contribution is 2.34. The Bertz CT molecular complexity index is 773. The van der Waals surface area contributed by atoms with E-state index in [1.807, 2.05) is 24.3 Å². The van der Waals surface area contributed by atoms with Crippen molar-refractivity contribution in [1.29, 1.82) is 0 Å². The van der Waals surface area contributed by atoms with E-state index in [0.717, 1.165) is 35.2 Å². The molecule has 26 heavy (non-hydrogen) atoms. The lowest BCUT2D eigenvalue weighted by Crippen LogP contribution is -2.45. The van der Waals surface area contributed by atoms with Gasteiger partial charge in [0, 0.05) is 30.1 Å². The van der Waals surface area contributed by atoms with Crippen LogP contribution in [0.2, 0.25) is 0 Å². The zero-order valence-electron chi connectivity index (χ0n) is 14.3. The van der Waals surface area contributed by atoms with E-state index in [2.05, 4.69) is 30.8 Å². The maximum absolute atomic E-state index is 11.8. The molecule has 0 radical (unpaired) electrons. The Morgan fingerprint density at radius 3 is 2.69 bits per heavy atom. The lowest BCUT2D eigenvalue weighted by molar-refractivity contribution is 0.0186. The Morgan fingerprint density at radius 2 is 2.00 bits per heavy atom. The topological polar surface area (TPSA) is 81.7 Å². The Balaban J connectivity index is 1.55. The summed E-state index contributed by atoms with van der Waals surface area (Å²) in [4.78, 5) is 23.4. The molecule has 0 saturated carbocycles. The van der Waals surface area contributed by atoms with Crippen LogP contribution in [0.25, 0.3) is 11.3 Å². The molecule has 0 aliphatic carbocycles. The van der Waals surface area contributed by atoms with Crippen LogP contribution in [0, 0.1) is 0 Å². The molecule has 2 N–H and O–H groups in total. The number of benzene rings is 1. The minimum absolute atomic E-state index is 0.209. The molecule has 7 nitrogen and oxygen atoms in total. The van der Waals surface area contributed by atoms with Crippen LogP contribution in [-0.2, 0) is 4.74 Å². The van der Waals surface area contributed by atoms with Gasteiger partial charge in [0.1, 0.15) is 5.82 Å². The van der Waals surface area contributed by atoms with Crippen LogP contribution < -0.4 is 0 Å². The second kappa shape index (κ2) is 7.38. The lowest BCUT2D eigenvalue weighted by Gasteiger charge is -2.31. The van der Waals surface area contributed by atoms with Crippen molar-refractivity contribution in [3.63, 3.8) is 0 Å². The molecule has 1 aromatic heterocycles. The van der Waals surface area contributed by atoms with Gasteiger partial charge in [-0.05, 0) is 24.1 Å². The first kappa shape index (κ1) is 17.5. The second-order valence-corrected chi connectivity index (χ2v) is 7.59. The highest BCUT2D eigenvalue weighted by Gasteiger charge is 2.40. The third-order valence-electron chi connectivity index (χ3n) is 5.15. The van der Waals surface area contributed by atoms with Crippen molar-refractivity contribution in [3.8, 4) is 11.3 Å². The molecule has 1 amide bonds. The predicted molar refractivity (Wildman–Crippen MR) is 100.0 cm³/mol. The van der Waals surface area contributed by atoms with Crippen LogP contribution >= 0.6 is 15.9 Å². The van der Waals surface area contributed by atoms with Crippen molar-refractivity contribution < 1.29 is 14.6 Å². The van der Waals surface area contributed by atoms with Crippen molar-refractivity contribution in [2.45, 2.75) is 18.5 Å². The van der Waals surface area contributed by atoms with E-state index in [0.29, 0.717) is 25.6 Å². The first-order valence-corrected chi connectivity index (χ1v) is 9.53. The van der Waals surface area contributed by atoms with Crippen molar-refractivity contribution in [3.05, 3.63) is 40.8 Å². The van der Waals surface area contributed by atoms with Crippen LogP contribution in [0.15, 0.2) is 34.9 Å². The van der Waals surface area contributed by atoms with Gasteiger partial charge in [-0.3, -0.25) is 9.80 Å². The number of nitrogens with one attached hydrogen (secondary N) is 1. The van der Waals surface area contributed by atoms with Gasteiger partial charge in [-0.25, -0.2) is 9.78 Å². The van der Waals surface area contributed by atoms with Crippen LogP contribution in [-0.4, -0.2) is 69.9 Å². The SMILES string of the molecule is O=C(O)N1C[C@@H](N2CCOCC2)C[C@H]1c1ncc(-c2ccc(Br)cc2)[nH]1. The van der Waals surface area contributed by atoms with Crippen molar-refractivity contribution in [2.24, 2.45) is 0 Å². The first-order valence-electron chi connectivity index (χ1n) is 8.74. The number of aromatic amines is 1. The molecule has 2 fully saturated rings. The monoisotopic (exact) mass is 420 g/mol. The molecule has 4 rings (SSSR count). The van der Waals surface area contributed by atoms with Crippen LogP contribution in [0.1, 0.15) is 18.3 Å². The number of likely N-dealkylation sites (tertiary alicyclic amines) is 1. The zero-order valence-corrected chi connectivity index (χ0v) is 15.9. The average molecular weight is 421 g/mol. The number of halogens is 1. The minimum atomic E-state index is -0.896. The number of imidazole rings is 1. The third-order valence-corrected chi connectivity index (χ3v) is 5.68. The van der Waals surface area contributed by atoms with E-state index in [4.69, 9.17) is 4.74 Å². The fourth-order valence-corrected chi connectivity index (χ4v) is 4.04. The summed E-state index contributed by atoms with van der Waals surface area (Å²) in [6.45, 7) is 3.64. The summed E-state index contributed by atoms with van der Waals surface area (Å²) in [5.41, 5.74) is 1.92. The fourth-order valence-electron chi connectivity index (χ4n) is 3.77. The standard InChI is InChI=1S/C18H21BrN4O3/c19-13-3-1-12(2-4-13)15-10-20-17(21-15)16-9-14(11-23(16)18(24)25)22-5-7-26-8-6-22/h1-4,10,14,16H,5-9,11H2,(H,20,21)(H,24,25)/t14-,16-/m0/s1. The number of rotatable bonds is 3. The summed E-state index contributed by atoms with van der Waals surface area (Å²) < 4.78 is 6.43.